The lowest BCUT2D eigenvalue weighted by Crippen LogP contribution is -2.44. The van der Waals surface area contributed by atoms with Gasteiger partial charge in [-0.05, 0) is 25.0 Å². The van der Waals surface area contributed by atoms with Gasteiger partial charge in [0.05, 0.1) is 26.4 Å². The molecule has 0 saturated carbocycles. The van der Waals surface area contributed by atoms with E-state index in [1.807, 2.05) is 12.1 Å². The predicted octanol–water partition coefficient (Wildman–Crippen LogP) is -0.0220. The number of carbonyl (C=O) groups is 1. The molecule has 3 aliphatic heterocycles. The predicted molar refractivity (Wildman–Crippen MR) is 110 cm³/mol. The second-order valence-corrected chi connectivity index (χ2v) is 7.86. The van der Waals surface area contributed by atoms with Crippen LogP contribution in [0, 0.1) is 5.92 Å². The van der Waals surface area contributed by atoms with E-state index in [1.54, 1.807) is 0 Å². The fraction of sp³-hybridized carbons (Fsp3) is 0.750. The van der Waals surface area contributed by atoms with E-state index >= 15 is 0 Å². The molecule has 0 radical (unpaired) electrons. The van der Waals surface area contributed by atoms with E-state index in [0.717, 1.165) is 96.7 Å². The average Bonchev–Trinajstić information content (AvgIpc) is 2.80. The molecule has 0 spiro atoms. The third-order valence-corrected chi connectivity index (χ3v) is 5.99. The second kappa shape index (κ2) is 10.2. The van der Waals surface area contributed by atoms with Crippen molar-refractivity contribution in [3.63, 3.8) is 0 Å². The lowest BCUT2D eigenvalue weighted by Gasteiger charge is -2.32. The molecule has 0 unspecified atom stereocenters. The molecule has 3 saturated heterocycles. The monoisotopic (exact) mass is 404 g/mol. The Morgan fingerprint density at radius 2 is 1.45 bits per heavy atom. The highest BCUT2D eigenvalue weighted by molar-refractivity contribution is 5.79. The van der Waals surface area contributed by atoms with Crippen LogP contribution in [0.4, 0.5) is 11.6 Å². The molecule has 1 amide bonds. The van der Waals surface area contributed by atoms with Gasteiger partial charge in [0, 0.05) is 58.3 Å². The molecule has 160 valence electrons. The van der Waals surface area contributed by atoms with Crippen molar-refractivity contribution in [3.05, 3.63) is 12.1 Å². The minimum absolute atomic E-state index is 0.0940. The van der Waals surface area contributed by atoms with E-state index in [9.17, 15) is 4.79 Å². The molecule has 4 heterocycles. The van der Waals surface area contributed by atoms with Gasteiger partial charge in [0.25, 0.3) is 0 Å². The molecule has 29 heavy (non-hydrogen) atoms. The minimum Gasteiger partial charge on any atom is -0.379 e. The Hall–Kier alpha value is -1.97. The fourth-order valence-corrected chi connectivity index (χ4v) is 4.13. The number of nitrogens with zero attached hydrogens (tertiary/aromatic N) is 5. The third kappa shape index (κ3) is 5.55. The number of ether oxygens (including phenoxy) is 2. The molecule has 3 fully saturated rings. The van der Waals surface area contributed by atoms with Crippen molar-refractivity contribution in [2.75, 3.05) is 88.6 Å². The van der Waals surface area contributed by atoms with Gasteiger partial charge in [-0.3, -0.25) is 9.69 Å². The molecule has 3 aliphatic rings. The standard InChI is InChI=1S/C20H32N6O3/c27-20(21-5-8-24-9-13-28-14-10-24)17-3-6-25(7-4-17)18-1-2-19(23-22-18)26-11-15-29-16-12-26/h1-2,17H,3-16H2,(H,21,27). The van der Waals surface area contributed by atoms with Crippen molar-refractivity contribution in [1.29, 1.82) is 0 Å². The molecular formula is C20H32N6O3. The van der Waals surface area contributed by atoms with Crippen LogP contribution >= 0.6 is 0 Å². The molecular weight excluding hydrogens is 372 g/mol. The zero-order chi connectivity index (χ0) is 19.9. The largest absolute Gasteiger partial charge is 0.379 e. The molecule has 0 aliphatic carbocycles. The van der Waals surface area contributed by atoms with E-state index in [0.29, 0.717) is 6.54 Å². The second-order valence-electron chi connectivity index (χ2n) is 7.86. The normalized spacial score (nSPS) is 21.9. The van der Waals surface area contributed by atoms with Gasteiger partial charge in [-0.2, -0.15) is 0 Å². The smallest absolute Gasteiger partial charge is 0.223 e. The van der Waals surface area contributed by atoms with Crippen molar-refractivity contribution in [1.82, 2.24) is 20.4 Å². The van der Waals surface area contributed by atoms with Crippen LogP contribution in [0.1, 0.15) is 12.8 Å². The van der Waals surface area contributed by atoms with Gasteiger partial charge in [0.1, 0.15) is 0 Å². The Balaban J connectivity index is 1.19. The summed E-state index contributed by atoms with van der Waals surface area (Å²) in [4.78, 5) is 19.3. The number of amides is 1. The van der Waals surface area contributed by atoms with Crippen molar-refractivity contribution >= 4 is 17.5 Å². The summed E-state index contributed by atoms with van der Waals surface area (Å²) < 4.78 is 10.7. The third-order valence-electron chi connectivity index (χ3n) is 5.99. The first-order valence-corrected chi connectivity index (χ1v) is 10.8. The zero-order valence-corrected chi connectivity index (χ0v) is 17.1. The zero-order valence-electron chi connectivity index (χ0n) is 17.1. The van der Waals surface area contributed by atoms with Crippen LogP contribution in [0.25, 0.3) is 0 Å². The van der Waals surface area contributed by atoms with Gasteiger partial charge in [-0.1, -0.05) is 0 Å². The molecule has 9 heteroatoms. The van der Waals surface area contributed by atoms with Gasteiger partial charge in [-0.25, -0.2) is 0 Å². The Labute approximate surface area is 172 Å². The van der Waals surface area contributed by atoms with Crippen LogP contribution in [0.3, 0.4) is 0 Å². The maximum Gasteiger partial charge on any atom is 0.223 e. The van der Waals surface area contributed by atoms with Gasteiger partial charge in [-0.15, -0.1) is 10.2 Å². The van der Waals surface area contributed by atoms with Gasteiger partial charge in [0.15, 0.2) is 11.6 Å². The van der Waals surface area contributed by atoms with E-state index < -0.39 is 0 Å². The van der Waals surface area contributed by atoms with Crippen LogP contribution in [0.2, 0.25) is 0 Å². The lowest BCUT2D eigenvalue weighted by atomic mass is 9.96. The highest BCUT2D eigenvalue weighted by Crippen LogP contribution is 2.23. The van der Waals surface area contributed by atoms with E-state index in [2.05, 4.69) is 30.2 Å². The molecule has 1 aromatic rings. The molecule has 0 bridgehead atoms. The van der Waals surface area contributed by atoms with Crippen molar-refractivity contribution in [2.45, 2.75) is 12.8 Å². The summed E-state index contributed by atoms with van der Waals surface area (Å²) in [5.41, 5.74) is 0. The molecule has 9 nitrogen and oxygen atoms in total. The first-order valence-electron chi connectivity index (χ1n) is 10.8. The number of aromatic nitrogens is 2. The SMILES string of the molecule is O=C(NCCN1CCOCC1)C1CCN(c2ccc(N3CCOCC3)nn2)CC1. The van der Waals surface area contributed by atoms with Crippen molar-refractivity contribution < 1.29 is 14.3 Å². The Morgan fingerprint density at radius 3 is 2.03 bits per heavy atom. The first-order chi connectivity index (χ1) is 14.3. The van der Waals surface area contributed by atoms with Crippen molar-refractivity contribution in [3.8, 4) is 0 Å². The highest BCUT2D eigenvalue weighted by atomic mass is 16.5. The number of piperidine rings is 1. The van der Waals surface area contributed by atoms with Gasteiger partial charge >= 0.3 is 0 Å². The van der Waals surface area contributed by atoms with Crippen LogP contribution < -0.4 is 15.1 Å². The Bertz CT molecular complexity index is 638. The quantitative estimate of drug-likeness (QED) is 0.708. The molecule has 0 atom stereocenters. The van der Waals surface area contributed by atoms with Crippen LogP contribution in [0.5, 0.6) is 0 Å². The fourth-order valence-electron chi connectivity index (χ4n) is 4.13. The number of nitrogens with one attached hydrogen (secondary N) is 1. The maximum absolute atomic E-state index is 12.5. The summed E-state index contributed by atoms with van der Waals surface area (Å²) in [7, 11) is 0. The summed E-state index contributed by atoms with van der Waals surface area (Å²) in [6, 6.07) is 4.08. The van der Waals surface area contributed by atoms with Crippen LogP contribution in [0.15, 0.2) is 12.1 Å². The maximum atomic E-state index is 12.5. The van der Waals surface area contributed by atoms with E-state index in [4.69, 9.17) is 9.47 Å². The summed E-state index contributed by atoms with van der Waals surface area (Å²) in [6.45, 7) is 10.0. The van der Waals surface area contributed by atoms with Crippen LogP contribution in [-0.2, 0) is 14.3 Å². The number of anilines is 2. The summed E-state index contributed by atoms with van der Waals surface area (Å²) in [6.07, 6.45) is 1.71. The summed E-state index contributed by atoms with van der Waals surface area (Å²) >= 11 is 0. The molecule has 4 rings (SSSR count). The summed E-state index contributed by atoms with van der Waals surface area (Å²) in [5.74, 6) is 2.09. The lowest BCUT2D eigenvalue weighted by molar-refractivity contribution is -0.125. The highest BCUT2D eigenvalue weighted by Gasteiger charge is 2.26. The molecule has 0 aromatic carbocycles. The topological polar surface area (TPSA) is 83.1 Å². The van der Waals surface area contributed by atoms with Gasteiger partial charge < -0.3 is 24.6 Å². The van der Waals surface area contributed by atoms with E-state index in [-0.39, 0.29) is 11.8 Å². The van der Waals surface area contributed by atoms with Crippen molar-refractivity contribution in [2.24, 2.45) is 5.92 Å². The van der Waals surface area contributed by atoms with Gasteiger partial charge in [0.2, 0.25) is 5.91 Å². The number of morpholine rings is 2. The van der Waals surface area contributed by atoms with Crippen LogP contribution in [-0.4, -0.2) is 99.8 Å². The Morgan fingerprint density at radius 1 is 0.897 bits per heavy atom. The number of rotatable bonds is 6. The average molecular weight is 405 g/mol. The summed E-state index contributed by atoms with van der Waals surface area (Å²) in [5, 5.41) is 11.9. The number of hydrogen-bond donors (Lipinski definition) is 1. The number of carbonyl (C=O) groups excluding carboxylic acids is 1. The molecule has 1 aromatic heterocycles. The molecule has 1 N–H and O–H groups in total. The van der Waals surface area contributed by atoms with E-state index in [1.165, 1.54) is 0 Å². The Kier molecular flexibility index (Phi) is 7.13. The minimum atomic E-state index is 0.0940. The first kappa shape index (κ1) is 20.3. The number of hydrogen-bond acceptors (Lipinski definition) is 8.